The molecule has 1 heterocycles. The fourth-order valence-electron chi connectivity index (χ4n) is 1.97. The molecule has 0 spiro atoms. The number of halogens is 1. The van der Waals surface area contributed by atoms with Crippen LogP contribution in [0.3, 0.4) is 0 Å². The summed E-state index contributed by atoms with van der Waals surface area (Å²) in [6.07, 6.45) is 2.15. The Morgan fingerprint density at radius 1 is 1.37 bits per heavy atom. The second-order valence-corrected chi connectivity index (χ2v) is 5.83. The molecular formula is C14H18FNO2S. The van der Waals surface area contributed by atoms with E-state index in [4.69, 9.17) is 4.74 Å². The lowest BCUT2D eigenvalue weighted by atomic mass is 10.2. The van der Waals surface area contributed by atoms with Crippen LogP contribution in [-0.4, -0.2) is 36.7 Å². The van der Waals surface area contributed by atoms with Gasteiger partial charge in [0.05, 0.1) is 5.56 Å². The number of carbonyl (C=O) groups is 1. The Morgan fingerprint density at radius 3 is 2.84 bits per heavy atom. The maximum Gasteiger partial charge on any atom is 0.254 e. The Hall–Kier alpha value is -1.07. The second kappa shape index (κ2) is 7.50. The number of rotatable bonds is 5. The normalized spacial score (nSPS) is 16.3. The Morgan fingerprint density at radius 2 is 2.11 bits per heavy atom. The molecule has 1 amide bonds. The van der Waals surface area contributed by atoms with Crippen LogP contribution in [0.15, 0.2) is 24.3 Å². The van der Waals surface area contributed by atoms with Gasteiger partial charge >= 0.3 is 0 Å². The third-order valence-corrected chi connectivity index (χ3v) is 4.41. The first-order valence-electron chi connectivity index (χ1n) is 6.49. The Kier molecular flexibility index (Phi) is 5.66. The number of hydrogen-bond acceptors (Lipinski definition) is 3. The lowest BCUT2D eigenvalue weighted by molar-refractivity contribution is 0.0951. The third kappa shape index (κ3) is 4.51. The fraction of sp³-hybridized carbons (Fsp3) is 0.500. The molecule has 0 bridgehead atoms. The predicted molar refractivity (Wildman–Crippen MR) is 75.0 cm³/mol. The molecule has 1 N–H and O–H groups in total. The van der Waals surface area contributed by atoms with Crippen molar-refractivity contribution in [3.63, 3.8) is 0 Å². The van der Waals surface area contributed by atoms with Crippen molar-refractivity contribution < 1.29 is 13.9 Å². The highest BCUT2D eigenvalue weighted by Gasteiger charge is 2.14. The van der Waals surface area contributed by atoms with Crippen molar-refractivity contribution in [2.24, 2.45) is 0 Å². The molecule has 3 nitrogen and oxygen atoms in total. The van der Waals surface area contributed by atoms with E-state index in [0.717, 1.165) is 31.8 Å². The Balaban J connectivity index is 1.68. The van der Waals surface area contributed by atoms with Crippen LogP contribution in [0.25, 0.3) is 0 Å². The molecule has 104 valence electrons. The van der Waals surface area contributed by atoms with Crippen molar-refractivity contribution in [1.82, 2.24) is 5.32 Å². The van der Waals surface area contributed by atoms with Crippen LogP contribution in [0, 0.1) is 5.82 Å². The number of nitrogens with one attached hydrogen (secondary N) is 1. The highest BCUT2D eigenvalue weighted by atomic mass is 32.2. The van der Waals surface area contributed by atoms with E-state index in [1.165, 1.54) is 12.1 Å². The zero-order valence-electron chi connectivity index (χ0n) is 10.7. The molecule has 2 rings (SSSR count). The van der Waals surface area contributed by atoms with Crippen LogP contribution in [0.4, 0.5) is 4.39 Å². The first-order chi connectivity index (χ1) is 9.27. The van der Waals surface area contributed by atoms with Gasteiger partial charge in [0.1, 0.15) is 5.82 Å². The van der Waals surface area contributed by atoms with Gasteiger partial charge in [0.2, 0.25) is 0 Å². The van der Waals surface area contributed by atoms with Crippen LogP contribution < -0.4 is 5.32 Å². The van der Waals surface area contributed by atoms with Crippen LogP contribution in [0.5, 0.6) is 0 Å². The summed E-state index contributed by atoms with van der Waals surface area (Å²) in [7, 11) is 0. The van der Waals surface area contributed by atoms with E-state index in [-0.39, 0.29) is 11.5 Å². The average Bonchev–Trinajstić information content (AvgIpc) is 2.45. The number of thioether (sulfide) groups is 1. The summed E-state index contributed by atoms with van der Waals surface area (Å²) >= 11 is 1.85. The summed E-state index contributed by atoms with van der Waals surface area (Å²) in [5.74, 6) is 0.0352. The first-order valence-corrected chi connectivity index (χ1v) is 7.54. The quantitative estimate of drug-likeness (QED) is 0.844. The van der Waals surface area contributed by atoms with Crippen molar-refractivity contribution in [2.45, 2.75) is 18.1 Å². The van der Waals surface area contributed by atoms with Gasteiger partial charge in [-0.1, -0.05) is 12.1 Å². The monoisotopic (exact) mass is 283 g/mol. The van der Waals surface area contributed by atoms with Crippen molar-refractivity contribution in [2.75, 3.05) is 25.5 Å². The summed E-state index contributed by atoms with van der Waals surface area (Å²) in [6, 6.07) is 6.03. The Labute approximate surface area is 116 Å². The van der Waals surface area contributed by atoms with Crippen molar-refractivity contribution in [1.29, 1.82) is 0 Å². The summed E-state index contributed by atoms with van der Waals surface area (Å²) in [5, 5.41) is 3.37. The van der Waals surface area contributed by atoms with Gasteiger partial charge in [0.25, 0.3) is 5.91 Å². The minimum absolute atomic E-state index is 0.110. The van der Waals surface area contributed by atoms with E-state index in [0.29, 0.717) is 11.8 Å². The lowest BCUT2D eigenvalue weighted by Crippen LogP contribution is -2.27. The van der Waals surface area contributed by atoms with Gasteiger partial charge in [-0.3, -0.25) is 4.79 Å². The van der Waals surface area contributed by atoms with Gasteiger partial charge in [0, 0.05) is 30.8 Å². The van der Waals surface area contributed by atoms with Crippen molar-refractivity contribution >= 4 is 17.7 Å². The van der Waals surface area contributed by atoms with E-state index < -0.39 is 5.82 Å². The standard InChI is InChI=1S/C14H18FNO2S/c15-13-4-2-1-3-12(13)14(17)16-7-10-19-11-5-8-18-9-6-11/h1-4,11H,5-10H2,(H,16,17). The maximum absolute atomic E-state index is 13.4. The highest BCUT2D eigenvalue weighted by Crippen LogP contribution is 2.21. The molecule has 5 heteroatoms. The third-order valence-electron chi connectivity index (χ3n) is 3.03. The van der Waals surface area contributed by atoms with E-state index in [1.807, 2.05) is 11.8 Å². The zero-order chi connectivity index (χ0) is 13.5. The van der Waals surface area contributed by atoms with Gasteiger partial charge in [-0.15, -0.1) is 0 Å². The number of amides is 1. The number of benzene rings is 1. The maximum atomic E-state index is 13.4. The molecular weight excluding hydrogens is 265 g/mol. The lowest BCUT2D eigenvalue weighted by Gasteiger charge is -2.21. The van der Waals surface area contributed by atoms with Gasteiger partial charge < -0.3 is 10.1 Å². The molecule has 0 unspecified atom stereocenters. The zero-order valence-corrected chi connectivity index (χ0v) is 11.5. The van der Waals surface area contributed by atoms with E-state index in [2.05, 4.69) is 5.32 Å². The molecule has 1 aliphatic heterocycles. The summed E-state index contributed by atoms with van der Waals surface area (Å²) in [5.41, 5.74) is 0.110. The molecule has 1 aliphatic rings. The molecule has 19 heavy (non-hydrogen) atoms. The topological polar surface area (TPSA) is 38.3 Å². The van der Waals surface area contributed by atoms with Crippen molar-refractivity contribution in [3.05, 3.63) is 35.6 Å². The molecule has 0 aromatic heterocycles. The summed E-state index contributed by atoms with van der Waals surface area (Å²) in [6.45, 7) is 2.23. The minimum atomic E-state index is -0.475. The molecule has 1 fully saturated rings. The molecule has 0 radical (unpaired) electrons. The molecule has 1 aromatic carbocycles. The highest BCUT2D eigenvalue weighted by molar-refractivity contribution is 7.99. The number of ether oxygens (including phenoxy) is 1. The Bertz CT molecular complexity index is 422. The fourth-order valence-corrected chi connectivity index (χ4v) is 3.05. The second-order valence-electron chi connectivity index (χ2n) is 4.42. The summed E-state index contributed by atoms with van der Waals surface area (Å²) in [4.78, 5) is 11.7. The van der Waals surface area contributed by atoms with Gasteiger partial charge in [0.15, 0.2) is 0 Å². The van der Waals surface area contributed by atoms with Gasteiger partial charge in [-0.25, -0.2) is 4.39 Å². The molecule has 0 atom stereocenters. The minimum Gasteiger partial charge on any atom is -0.381 e. The molecule has 1 aromatic rings. The summed E-state index contributed by atoms with van der Waals surface area (Å²) < 4.78 is 18.7. The largest absolute Gasteiger partial charge is 0.381 e. The van der Waals surface area contributed by atoms with Gasteiger partial charge in [-0.2, -0.15) is 11.8 Å². The van der Waals surface area contributed by atoms with Crippen LogP contribution in [-0.2, 0) is 4.74 Å². The smallest absolute Gasteiger partial charge is 0.254 e. The van der Waals surface area contributed by atoms with E-state index >= 15 is 0 Å². The molecule has 1 saturated heterocycles. The van der Waals surface area contributed by atoms with Crippen LogP contribution in [0.2, 0.25) is 0 Å². The number of hydrogen-bond donors (Lipinski definition) is 1. The van der Waals surface area contributed by atoms with Gasteiger partial charge in [-0.05, 0) is 25.0 Å². The average molecular weight is 283 g/mol. The molecule has 0 saturated carbocycles. The SMILES string of the molecule is O=C(NCCSC1CCOCC1)c1ccccc1F. The van der Waals surface area contributed by atoms with Crippen LogP contribution in [0.1, 0.15) is 23.2 Å². The van der Waals surface area contributed by atoms with E-state index in [9.17, 15) is 9.18 Å². The van der Waals surface area contributed by atoms with E-state index in [1.54, 1.807) is 12.1 Å². The van der Waals surface area contributed by atoms with Crippen LogP contribution >= 0.6 is 11.8 Å². The number of carbonyl (C=O) groups excluding carboxylic acids is 1. The predicted octanol–water partition coefficient (Wildman–Crippen LogP) is 2.47. The molecule has 0 aliphatic carbocycles. The van der Waals surface area contributed by atoms with Crippen molar-refractivity contribution in [3.8, 4) is 0 Å². The first kappa shape index (κ1) is 14.3.